The maximum Gasteiger partial charge on any atom is 0.325 e. The molecule has 1 unspecified atom stereocenters. The van der Waals surface area contributed by atoms with E-state index in [4.69, 9.17) is 16.3 Å². The molecule has 8 nitrogen and oxygen atoms in total. The molecule has 4 amide bonds. The number of benzene rings is 1. The van der Waals surface area contributed by atoms with E-state index in [0.717, 1.165) is 17.7 Å². The number of imide groups is 1. The summed E-state index contributed by atoms with van der Waals surface area (Å²) in [4.78, 5) is 50.2. The van der Waals surface area contributed by atoms with Crippen LogP contribution in [-0.4, -0.2) is 47.9 Å². The topological polar surface area (TPSA) is 105 Å². The number of carbonyl (C=O) groups is 4. The molecule has 0 aromatic heterocycles. The lowest BCUT2D eigenvalue weighted by atomic mass is 9.98. The summed E-state index contributed by atoms with van der Waals surface area (Å²) in [5.41, 5.74) is -0.0855. The Balaban J connectivity index is 1.61. The first-order valence-corrected chi connectivity index (χ1v) is 9.98. The molecular formula is C20H24ClN3O5. The maximum absolute atomic E-state index is 12.6. The minimum absolute atomic E-state index is 0.0101. The van der Waals surface area contributed by atoms with Crippen molar-refractivity contribution in [2.45, 2.75) is 50.1 Å². The third-order valence-corrected chi connectivity index (χ3v) is 5.72. The van der Waals surface area contributed by atoms with Crippen molar-refractivity contribution in [3.05, 3.63) is 34.9 Å². The molecule has 1 saturated heterocycles. The number of nitrogens with one attached hydrogen (secondary N) is 2. The summed E-state index contributed by atoms with van der Waals surface area (Å²) in [5.74, 6) is -1.10. The second-order valence-corrected chi connectivity index (χ2v) is 7.81. The highest BCUT2D eigenvalue weighted by atomic mass is 35.5. The highest BCUT2D eigenvalue weighted by Crippen LogP contribution is 2.35. The van der Waals surface area contributed by atoms with Gasteiger partial charge in [-0.3, -0.25) is 19.3 Å². The van der Waals surface area contributed by atoms with Crippen LogP contribution in [0.25, 0.3) is 0 Å². The molecule has 2 N–H and O–H groups in total. The summed E-state index contributed by atoms with van der Waals surface area (Å²) in [5, 5.41) is 6.11. The Labute approximate surface area is 173 Å². The minimum Gasteiger partial charge on any atom is -0.469 e. The van der Waals surface area contributed by atoms with Gasteiger partial charge in [-0.05, 0) is 30.5 Å². The van der Waals surface area contributed by atoms with Gasteiger partial charge in [0.1, 0.15) is 5.54 Å². The summed E-state index contributed by atoms with van der Waals surface area (Å²) in [6.45, 7) is -0.0101. The Morgan fingerprint density at radius 3 is 2.52 bits per heavy atom. The average Bonchev–Trinajstić information content (AvgIpc) is 3.25. The maximum atomic E-state index is 12.6. The first-order chi connectivity index (χ1) is 13.8. The second kappa shape index (κ2) is 8.82. The number of esters is 1. The van der Waals surface area contributed by atoms with Gasteiger partial charge >= 0.3 is 12.0 Å². The van der Waals surface area contributed by atoms with Crippen molar-refractivity contribution in [1.82, 2.24) is 15.5 Å². The highest BCUT2D eigenvalue weighted by molar-refractivity contribution is 6.30. The fourth-order valence-electron chi connectivity index (χ4n) is 3.87. The number of ether oxygens (including phenoxy) is 1. The van der Waals surface area contributed by atoms with Crippen LogP contribution in [0.2, 0.25) is 5.02 Å². The molecule has 1 spiro atoms. The number of methoxy groups -OCH3 is 1. The number of rotatable bonds is 7. The van der Waals surface area contributed by atoms with E-state index < -0.39 is 23.6 Å². The van der Waals surface area contributed by atoms with Gasteiger partial charge in [0.05, 0.1) is 19.6 Å². The van der Waals surface area contributed by atoms with Gasteiger partial charge in [-0.25, -0.2) is 4.79 Å². The van der Waals surface area contributed by atoms with Crippen LogP contribution in [0.1, 0.15) is 50.1 Å². The first kappa shape index (κ1) is 21.1. The fourth-order valence-corrected chi connectivity index (χ4v) is 4.00. The van der Waals surface area contributed by atoms with Gasteiger partial charge in [0.15, 0.2) is 0 Å². The monoisotopic (exact) mass is 421 g/mol. The standard InChI is InChI=1S/C20H24ClN3O5/c1-29-17(26)12-15(13-4-6-14(21)7-5-13)22-16(25)8-11-24-18(27)20(23-19(24)28)9-2-3-10-20/h4-7,15H,2-3,8-12H2,1H3,(H,22,25)(H,23,28). The number of nitrogens with zero attached hydrogens (tertiary/aromatic N) is 1. The number of hydrogen-bond donors (Lipinski definition) is 2. The summed E-state index contributed by atoms with van der Waals surface area (Å²) in [6.07, 6.45) is 2.97. The van der Waals surface area contributed by atoms with Crippen LogP contribution in [0.5, 0.6) is 0 Å². The summed E-state index contributed by atoms with van der Waals surface area (Å²) in [7, 11) is 1.28. The first-order valence-electron chi connectivity index (χ1n) is 9.60. The summed E-state index contributed by atoms with van der Waals surface area (Å²) < 4.78 is 4.71. The van der Waals surface area contributed by atoms with Gasteiger partial charge < -0.3 is 15.4 Å². The minimum atomic E-state index is -0.787. The predicted octanol–water partition coefficient (Wildman–Crippen LogP) is 2.32. The molecule has 1 saturated carbocycles. The van der Waals surface area contributed by atoms with Crippen molar-refractivity contribution in [2.75, 3.05) is 13.7 Å². The van der Waals surface area contributed by atoms with Crippen molar-refractivity contribution in [3.8, 4) is 0 Å². The molecule has 1 aromatic rings. The molecule has 29 heavy (non-hydrogen) atoms. The molecule has 1 aliphatic carbocycles. The van der Waals surface area contributed by atoms with E-state index in [0.29, 0.717) is 23.4 Å². The normalized spacial score (nSPS) is 18.6. The molecule has 1 heterocycles. The molecule has 0 radical (unpaired) electrons. The van der Waals surface area contributed by atoms with Crippen LogP contribution >= 0.6 is 11.6 Å². The average molecular weight is 422 g/mol. The lowest BCUT2D eigenvalue weighted by Gasteiger charge is -2.21. The van der Waals surface area contributed by atoms with E-state index in [1.54, 1.807) is 24.3 Å². The molecule has 2 fully saturated rings. The van der Waals surface area contributed by atoms with E-state index in [9.17, 15) is 19.2 Å². The Bertz CT molecular complexity index is 805. The number of carbonyl (C=O) groups excluding carboxylic acids is 4. The largest absolute Gasteiger partial charge is 0.469 e. The van der Waals surface area contributed by atoms with Crippen LogP contribution in [0, 0.1) is 0 Å². The SMILES string of the molecule is COC(=O)CC(NC(=O)CCN1C(=O)NC2(CCCC2)C1=O)c1ccc(Cl)cc1. The zero-order chi connectivity index (χ0) is 21.0. The van der Waals surface area contributed by atoms with E-state index in [-0.39, 0.29) is 31.2 Å². The molecule has 156 valence electrons. The van der Waals surface area contributed by atoms with Crippen molar-refractivity contribution < 1.29 is 23.9 Å². The van der Waals surface area contributed by atoms with E-state index in [2.05, 4.69) is 10.6 Å². The lowest BCUT2D eigenvalue weighted by Crippen LogP contribution is -2.44. The van der Waals surface area contributed by atoms with Crippen molar-refractivity contribution in [2.24, 2.45) is 0 Å². The third kappa shape index (κ3) is 4.70. The lowest BCUT2D eigenvalue weighted by molar-refractivity contribution is -0.141. The van der Waals surface area contributed by atoms with Crippen molar-refractivity contribution in [3.63, 3.8) is 0 Å². The van der Waals surface area contributed by atoms with Crippen LogP contribution in [-0.2, 0) is 19.1 Å². The smallest absolute Gasteiger partial charge is 0.325 e. The highest BCUT2D eigenvalue weighted by Gasteiger charge is 2.52. The van der Waals surface area contributed by atoms with Crippen LogP contribution < -0.4 is 10.6 Å². The molecular weight excluding hydrogens is 398 g/mol. The Morgan fingerprint density at radius 1 is 1.24 bits per heavy atom. The Morgan fingerprint density at radius 2 is 1.90 bits per heavy atom. The van der Waals surface area contributed by atoms with E-state index in [1.165, 1.54) is 7.11 Å². The molecule has 1 aliphatic heterocycles. The van der Waals surface area contributed by atoms with E-state index in [1.807, 2.05) is 0 Å². The Kier molecular flexibility index (Phi) is 6.42. The van der Waals surface area contributed by atoms with Gasteiger partial charge in [-0.2, -0.15) is 0 Å². The van der Waals surface area contributed by atoms with Gasteiger partial charge in [-0.1, -0.05) is 36.6 Å². The van der Waals surface area contributed by atoms with Gasteiger partial charge in [0.2, 0.25) is 5.91 Å². The predicted molar refractivity (Wildman–Crippen MR) is 105 cm³/mol. The molecule has 1 atom stereocenters. The number of halogens is 1. The zero-order valence-corrected chi connectivity index (χ0v) is 17.0. The summed E-state index contributed by atoms with van der Waals surface area (Å²) >= 11 is 5.90. The molecule has 0 bridgehead atoms. The molecule has 9 heteroatoms. The van der Waals surface area contributed by atoms with Crippen LogP contribution in [0.4, 0.5) is 4.79 Å². The fraction of sp³-hybridized carbons (Fsp3) is 0.500. The van der Waals surface area contributed by atoms with E-state index >= 15 is 0 Å². The van der Waals surface area contributed by atoms with Gasteiger partial charge in [-0.15, -0.1) is 0 Å². The third-order valence-electron chi connectivity index (χ3n) is 5.47. The van der Waals surface area contributed by atoms with Crippen molar-refractivity contribution in [1.29, 1.82) is 0 Å². The zero-order valence-electron chi connectivity index (χ0n) is 16.2. The number of amides is 4. The van der Waals surface area contributed by atoms with Crippen molar-refractivity contribution >= 4 is 35.4 Å². The number of urea groups is 1. The van der Waals surface area contributed by atoms with Crippen LogP contribution in [0.15, 0.2) is 24.3 Å². The number of hydrogen-bond acceptors (Lipinski definition) is 5. The quantitative estimate of drug-likeness (QED) is 0.519. The molecule has 3 rings (SSSR count). The molecule has 1 aromatic carbocycles. The second-order valence-electron chi connectivity index (χ2n) is 7.38. The van der Waals surface area contributed by atoms with Crippen LogP contribution in [0.3, 0.4) is 0 Å². The molecule has 2 aliphatic rings. The van der Waals surface area contributed by atoms with Gasteiger partial charge in [0.25, 0.3) is 5.91 Å². The summed E-state index contributed by atoms with van der Waals surface area (Å²) in [6, 6.07) is 5.73. The Hall–Kier alpha value is -2.61. The van der Waals surface area contributed by atoms with Gasteiger partial charge in [0, 0.05) is 18.0 Å².